The molecule has 1 amide bonds. The number of hydrogen-bond donors (Lipinski definition) is 1. The maximum absolute atomic E-state index is 12.7. The third kappa shape index (κ3) is 5.88. The minimum Gasteiger partial charge on any atom is -0.475 e. The molecule has 2 aromatic rings. The van der Waals surface area contributed by atoms with Gasteiger partial charge in [-0.3, -0.25) is 9.69 Å². The number of rotatable bonds is 4. The van der Waals surface area contributed by atoms with Gasteiger partial charge in [0.25, 0.3) is 0 Å². The third-order valence-electron chi connectivity index (χ3n) is 5.61. The molecule has 4 rings (SSSR count). The Morgan fingerprint density at radius 2 is 1.71 bits per heavy atom. The van der Waals surface area contributed by atoms with Crippen LogP contribution in [0.2, 0.25) is 0 Å². The fourth-order valence-electron chi connectivity index (χ4n) is 4.22. The number of nitrogens with zero attached hydrogens (tertiary/aromatic N) is 2. The Hall–Kier alpha value is -2.81. The lowest BCUT2D eigenvalue weighted by Gasteiger charge is -2.25. The first-order chi connectivity index (χ1) is 14.6. The quantitative estimate of drug-likeness (QED) is 0.789. The lowest BCUT2D eigenvalue weighted by atomic mass is 10.1. The number of furan rings is 1. The summed E-state index contributed by atoms with van der Waals surface area (Å²) in [6.07, 6.45) is -2.42. The number of carboxylic acids is 1. The Kier molecular flexibility index (Phi) is 7.04. The van der Waals surface area contributed by atoms with Gasteiger partial charge in [0, 0.05) is 25.2 Å². The van der Waals surface area contributed by atoms with Crippen LogP contribution in [0.25, 0.3) is 0 Å². The minimum atomic E-state index is -5.08. The predicted molar refractivity (Wildman–Crippen MR) is 106 cm³/mol. The van der Waals surface area contributed by atoms with E-state index in [0.29, 0.717) is 18.5 Å². The highest BCUT2D eigenvalue weighted by atomic mass is 19.4. The summed E-state index contributed by atoms with van der Waals surface area (Å²) in [5.74, 6) is -0.495. The van der Waals surface area contributed by atoms with Gasteiger partial charge in [0.2, 0.25) is 5.91 Å². The molecule has 1 N–H and O–H groups in total. The van der Waals surface area contributed by atoms with Gasteiger partial charge in [0.15, 0.2) is 0 Å². The predicted octanol–water partition coefficient (Wildman–Crippen LogP) is 3.64. The molecule has 31 heavy (non-hydrogen) atoms. The number of carbonyl (C=O) groups is 2. The van der Waals surface area contributed by atoms with Crippen LogP contribution < -0.4 is 0 Å². The summed E-state index contributed by atoms with van der Waals surface area (Å²) >= 11 is 0. The Morgan fingerprint density at radius 1 is 1.06 bits per heavy atom. The molecule has 2 fully saturated rings. The molecule has 2 aliphatic heterocycles. The van der Waals surface area contributed by atoms with E-state index in [-0.39, 0.29) is 5.91 Å². The largest absolute Gasteiger partial charge is 0.490 e. The van der Waals surface area contributed by atoms with E-state index in [9.17, 15) is 18.0 Å². The summed E-state index contributed by atoms with van der Waals surface area (Å²) < 4.78 is 37.5. The second-order valence-corrected chi connectivity index (χ2v) is 7.75. The minimum absolute atomic E-state index is 0.268. The van der Waals surface area contributed by atoms with Gasteiger partial charge < -0.3 is 14.4 Å². The first kappa shape index (κ1) is 22.9. The zero-order chi connectivity index (χ0) is 22.6. The Morgan fingerprint density at radius 3 is 2.29 bits per heavy atom. The summed E-state index contributed by atoms with van der Waals surface area (Å²) in [6, 6.07) is 15.0. The molecule has 0 spiro atoms. The van der Waals surface area contributed by atoms with Crippen LogP contribution in [-0.4, -0.2) is 58.1 Å². The number of aryl methyl sites for hydroxylation is 1. The summed E-state index contributed by atoms with van der Waals surface area (Å²) in [6.45, 7) is 4.77. The van der Waals surface area contributed by atoms with E-state index < -0.39 is 12.1 Å². The first-order valence-electron chi connectivity index (χ1n) is 10.1. The Bertz CT molecular complexity index is 898. The summed E-state index contributed by atoms with van der Waals surface area (Å²) in [5, 5.41) is 7.12. The number of hydrogen-bond acceptors (Lipinski definition) is 4. The SMILES string of the molecule is Cc1ccc(CN2CC[C@@H]3[C@@H]2CCN3C(=O)Cc2ccccc2)o1.O=C(O)C(F)(F)F. The molecule has 6 nitrogen and oxygen atoms in total. The van der Waals surface area contributed by atoms with Gasteiger partial charge in [-0.25, -0.2) is 4.79 Å². The summed E-state index contributed by atoms with van der Waals surface area (Å²) in [4.78, 5) is 26.2. The molecule has 0 radical (unpaired) electrons. The van der Waals surface area contributed by atoms with Gasteiger partial charge in [-0.1, -0.05) is 30.3 Å². The van der Waals surface area contributed by atoms with Gasteiger partial charge in [-0.05, 0) is 37.5 Å². The van der Waals surface area contributed by atoms with Crippen molar-refractivity contribution in [3.05, 3.63) is 59.5 Å². The van der Waals surface area contributed by atoms with E-state index >= 15 is 0 Å². The fourth-order valence-corrected chi connectivity index (χ4v) is 4.22. The van der Waals surface area contributed by atoms with Gasteiger partial charge >= 0.3 is 12.1 Å². The van der Waals surface area contributed by atoms with Gasteiger partial charge in [-0.15, -0.1) is 0 Å². The van der Waals surface area contributed by atoms with E-state index in [1.165, 1.54) is 0 Å². The van der Waals surface area contributed by atoms with E-state index in [4.69, 9.17) is 14.3 Å². The average Bonchev–Trinajstić information content (AvgIpc) is 3.40. The van der Waals surface area contributed by atoms with Crippen LogP contribution in [0.1, 0.15) is 29.9 Å². The Balaban J connectivity index is 0.000000339. The zero-order valence-corrected chi connectivity index (χ0v) is 17.1. The molecule has 0 bridgehead atoms. The van der Waals surface area contributed by atoms with Crippen LogP contribution >= 0.6 is 0 Å². The van der Waals surface area contributed by atoms with Crippen molar-refractivity contribution >= 4 is 11.9 Å². The number of halogens is 3. The highest BCUT2D eigenvalue weighted by molar-refractivity contribution is 5.79. The molecular formula is C22H25F3N2O4. The smallest absolute Gasteiger partial charge is 0.475 e. The molecule has 0 unspecified atom stereocenters. The highest BCUT2D eigenvalue weighted by Gasteiger charge is 2.44. The zero-order valence-electron chi connectivity index (χ0n) is 17.1. The van der Waals surface area contributed by atoms with Crippen molar-refractivity contribution < 1.29 is 32.3 Å². The molecule has 3 heterocycles. The van der Waals surface area contributed by atoms with Crippen molar-refractivity contribution in [3.63, 3.8) is 0 Å². The molecule has 2 saturated heterocycles. The number of aliphatic carboxylic acids is 1. The molecule has 2 atom stereocenters. The van der Waals surface area contributed by atoms with Crippen molar-refractivity contribution in [2.24, 2.45) is 0 Å². The van der Waals surface area contributed by atoms with Crippen LogP contribution in [0.15, 0.2) is 46.9 Å². The van der Waals surface area contributed by atoms with Crippen LogP contribution in [0.5, 0.6) is 0 Å². The molecule has 168 valence electrons. The van der Waals surface area contributed by atoms with Crippen LogP contribution in [0.3, 0.4) is 0 Å². The average molecular weight is 438 g/mol. The topological polar surface area (TPSA) is 74.0 Å². The van der Waals surface area contributed by atoms with E-state index in [1.807, 2.05) is 43.3 Å². The van der Waals surface area contributed by atoms with E-state index in [0.717, 1.165) is 49.6 Å². The second kappa shape index (κ2) is 9.55. The molecule has 9 heteroatoms. The normalized spacial score (nSPS) is 20.8. The molecule has 0 saturated carbocycles. The highest BCUT2D eigenvalue weighted by Crippen LogP contribution is 2.33. The Labute approximate surface area is 178 Å². The molecule has 2 aliphatic rings. The number of likely N-dealkylation sites (tertiary alicyclic amines) is 2. The number of carbonyl (C=O) groups excluding carboxylic acids is 1. The standard InChI is InChI=1S/C20H24N2O2.C2HF3O2/c1-15-7-8-17(24-15)14-21-11-9-19-18(21)10-12-22(19)20(23)13-16-5-3-2-4-6-16;3-2(4,5)1(6)7/h2-8,18-19H,9-14H2,1H3;(H,6,7)/t18-,19+;/m0./s1. The third-order valence-corrected chi connectivity index (χ3v) is 5.61. The molecular weight excluding hydrogens is 413 g/mol. The molecule has 1 aromatic carbocycles. The lowest BCUT2D eigenvalue weighted by Crippen LogP contribution is -2.40. The van der Waals surface area contributed by atoms with Crippen molar-refractivity contribution in [2.75, 3.05) is 13.1 Å². The van der Waals surface area contributed by atoms with Crippen molar-refractivity contribution in [1.29, 1.82) is 0 Å². The van der Waals surface area contributed by atoms with Crippen molar-refractivity contribution in [3.8, 4) is 0 Å². The van der Waals surface area contributed by atoms with Gasteiger partial charge in [0.1, 0.15) is 11.5 Å². The number of alkyl halides is 3. The van der Waals surface area contributed by atoms with E-state index in [1.54, 1.807) is 0 Å². The maximum Gasteiger partial charge on any atom is 0.490 e. The monoisotopic (exact) mass is 438 g/mol. The van der Waals surface area contributed by atoms with E-state index in [2.05, 4.69) is 15.9 Å². The number of amides is 1. The molecule has 1 aromatic heterocycles. The summed E-state index contributed by atoms with van der Waals surface area (Å²) in [7, 11) is 0. The van der Waals surface area contributed by atoms with Crippen LogP contribution in [0.4, 0.5) is 13.2 Å². The fraction of sp³-hybridized carbons (Fsp3) is 0.455. The second-order valence-electron chi connectivity index (χ2n) is 7.75. The number of carboxylic acid groups (broad SMARTS) is 1. The first-order valence-corrected chi connectivity index (χ1v) is 10.1. The van der Waals surface area contributed by atoms with Gasteiger partial charge in [0.05, 0.1) is 13.0 Å². The van der Waals surface area contributed by atoms with Crippen molar-refractivity contribution in [2.45, 2.75) is 51.0 Å². The maximum atomic E-state index is 12.7. The molecule has 0 aliphatic carbocycles. The van der Waals surface area contributed by atoms with Gasteiger partial charge in [-0.2, -0.15) is 13.2 Å². The lowest BCUT2D eigenvalue weighted by molar-refractivity contribution is -0.192. The summed E-state index contributed by atoms with van der Waals surface area (Å²) in [5.41, 5.74) is 1.10. The number of fused-ring (bicyclic) bond motifs is 1. The van der Waals surface area contributed by atoms with Crippen LogP contribution in [0, 0.1) is 6.92 Å². The number of benzene rings is 1. The van der Waals surface area contributed by atoms with Crippen LogP contribution in [-0.2, 0) is 22.6 Å². The van der Waals surface area contributed by atoms with Crippen molar-refractivity contribution in [1.82, 2.24) is 9.80 Å².